The van der Waals surface area contributed by atoms with Gasteiger partial charge in [0.25, 0.3) is 0 Å². The number of amides is 2. The summed E-state index contributed by atoms with van der Waals surface area (Å²) < 4.78 is 1.52. The highest BCUT2D eigenvalue weighted by atomic mass is 16.2. The molecule has 21 heavy (non-hydrogen) atoms. The molecule has 1 aliphatic carbocycles. The number of aromatic nitrogens is 2. The second-order valence-electron chi connectivity index (χ2n) is 5.74. The molecule has 1 aliphatic rings. The van der Waals surface area contributed by atoms with Crippen molar-refractivity contribution in [1.82, 2.24) is 14.7 Å². The third-order valence-electron chi connectivity index (χ3n) is 4.00. The van der Waals surface area contributed by atoms with Crippen LogP contribution in [0.1, 0.15) is 19.3 Å². The molecule has 2 rings (SSSR count). The van der Waals surface area contributed by atoms with E-state index in [0.29, 0.717) is 12.2 Å². The quantitative estimate of drug-likeness (QED) is 0.815. The number of rotatable bonds is 5. The van der Waals surface area contributed by atoms with Gasteiger partial charge in [0, 0.05) is 26.2 Å². The van der Waals surface area contributed by atoms with Gasteiger partial charge in [-0.2, -0.15) is 5.10 Å². The van der Waals surface area contributed by atoms with Gasteiger partial charge in [-0.1, -0.05) is 6.42 Å². The van der Waals surface area contributed by atoms with E-state index in [1.54, 1.807) is 26.5 Å². The van der Waals surface area contributed by atoms with Crippen molar-refractivity contribution >= 4 is 17.5 Å². The minimum Gasteiger partial charge on any atom is -0.347 e. The molecule has 7 heteroatoms. The van der Waals surface area contributed by atoms with Gasteiger partial charge in [-0.3, -0.25) is 14.3 Å². The minimum absolute atomic E-state index is 0.00133. The van der Waals surface area contributed by atoms with Gasteiger partial charge in [0.15, 0.2) is 0 Å². The second-order valence-corrected chi connectivity index (χ2v) is 5.74. The second kappa shape index (κ2) is 6.71. The van der Waals surface area contributed by atoms with Crippen LogP contribution < -0.4 is 11.1 Å². The minimum atomic E-state index is -0.0463. The summed E-state index contributed by atoms with van der Waals surface area (Å²) in [4.78, 5) is 25.3. The first-order chi connectivity index (χ1) is 10.0. The number of nitrogens with one attached hydrogen (secondary N) is 1. The zero-order chi connectivity index (χ0) is 15.4. The van der Waals surface area contributed by atoms with Crippen LogP contribution in [0.4, 0.5) is 5.69 Å². The number of nitrogens with two attached hydrogens (primary N) is 1. The van der Waals surface area contributed by atoms with Crippen LogP contribution in [0.5, 0.6) is 0 Å². The third-order valence-corrected chi connectivity index (χ3v) is 4.00. The number of anilines is 1. The molecule has 0 spiro atoms. The molecule has 7 nitrogen and oxygen atoms in total. The van der Waals surface area contributed by atoms with E-state index in [9.17, 15) is 9.59 Å². The number of hydrogen-bond acceptors (Lipinski definition) is 4. The van der Waals surface area contributed by atoms with Crippen LogP contribution in [0.15, 0.2) is 12.4 Å². The normalized spacial score (nSPS) is 21.3. The van der Waals surface area contributed by atoms with Gasteiger partial charge >= 0.3 is 0 Å². The lowest BCUT2D eigenvalue weighted by atomic mass is 9.95. The molecule has 116 valence electrons. The van der Waals surface area contributed by atoms with Crippen molar-refractivity contribution in [2.75, 3.05) is 26.0 Å². The van der Waals surface area contributed by atoms with Gasteiger partial charge in [-0.05, 0) is 25.3 Å². The van der Waals surface area contributed by atoms with Crippen LogP contribution in [0, 0.1) is 11.8 Å². The molecule has 0 aromatic carbocycles. The van der Waals surface area contributed by atoms with Gasteiger partial charge in [-0.15, -0.1) is 0 Å². The van der Waals surface area contributed by atoms with E-state index in [1.807, 2.05) is 0 Å². The maximum absolute atomic E-state index is 12.2. The number of carbonyl (C=O) groups excluding carboxylic acids is 2. The predicted molar refractivity (Wildman–Crippen MR) is 79.4 cm³/mol. The SMILES string of the molecule is CN(C)C(=O)Cn1cc(NC(=O)[C@@H]2CCC[C@@H]2CN)cn1. The molecule has 1 fully saturated rings. The Morgan fingerprint density at radius 1 is 1.48 bits per heavy atom. The van der Waals surface area contributed by atoms with E-state index in [4.69, 9.17) is 5.73 Å². The molecular formula is C14H23N5O2. The molecule has 1 saturated carbocycles. The van der Waals surface area contributed by atoms with Crippen LogP contribution in [-0.2, 0) is 16.1 Å². The van der Waals surface area contributed by atoms with E-state index in [-0.39, 0.29) is 30.2 Å². The largest absolute Gasteiger partial charge is 0.347 e. The summed E-state index contributed by atoms with van der Waals surface area (Å²) in [6.45, 7) is 0.715. The Bertz CT molecular complexity index is 511. The molecule has 1 aromatic heterocycles. The number of carbonyl (C=O) groups is 2. The molecule has 0 radical (unpaired) electrons. The molecule has 1 aromatic rings. The Kier molecular flexibility index (Phi) is 4.95. The molecular weight excluding hydrogens is 270 g/mol. The molecule has 2 amide bonds. The van der Waals surface area contributed by atoms with Crippen molar-refractivity contribution in [3.05, 3.63) is 12.4 Å². The standard InChI is InChI=1S/C14H23N5O2/c1-18(2)13(20)9-19-8-11(7-16-19)17-14(21)12-5-3-4-10(12)6-15/h7-8,10,12H,3-6,9,15H2,1-2H3,(H,17,21)/t10-,12-/m1/s1. The zero-order valence-electron chi connectivity index (χ0n) is 12.6. The molecule has 0 saturated heterocycles. The Morgan fingerprint density at radius 2 is 2.24 bits per heavy atom. The van der Waals surface area contributed by atoms with Crippen LogP contribution in [0.3, 0.4) is 0 Å². The van der Waals surface area contributed by atoms with Crippen molar-refractivity contribution in [3.63, 3.8) is 0 Å². The van der Waals surface area contributed by atoms with Crippen LogP contribution in [-0.4, -0.2) is 47.1 Å². The summed E-state index contributed by atoms with van der Waals surface area (Å²) in [5.41, 5.74) is 6.32. The highest BCUT2D eigenvalue weighted by Crippen LogP contribution is 2.31. The van der Waals surface area contributed by atoms with Gasteiger partial charge in [-0.25, -0.2) is 0 Å². The zero-order valence-corrected chi connectivity index (χ0v) is 12.6. The molecule has 0 unspecified atom stereocenters. The fraction of sp³-hybridized carbons (Fsp3) is 0.643. The monoisotopic (exact) mass is 293 g/mol. The first kappa shape index (κ1) is 15.5. The van der Waals surface area contributed by atoms with Crippen molar-refractivity contribution < 1.29 is 9.59 Å². The van der Waals surface area contributed by atoms with Gasteiger partial charge in [0.05, 0.1) is 11.9 Å². The Morgan fingerprint density at radius 3 is 2.90 bits per heavy atom. The summed E-state index contributed by atoms with van der Waals surface area (Å²) in [7, 11) is 3.39. The average molecular weight is 293 g/mol. The maximum atomic E-state index is 12.2. The van der Waals surface area contributed by atoms with Gasteiger partial charge in [0.1, 0.15) is 6.54 Å². The fourth-order valence-corrected chi connectivity index (χ4v) is 2.69. The highest BCUT2D eigenvalue weighted by Gasteiger charge is 2.32. The fourth-order valence-electron chi connectivity index (χ4n) is 2.69. The number of nitrogens with zero attached hydrogens (tertiary/aromatic N) is 3. The number of hydrogen-bond donors (Lipinski definition) is 2. The molecule has 2 atom stereocenters. The van der Waals surface area contributed by atoms with E-state index >= 15 is 0 Å². The molecule has 1 heterocycles. The van der Waals surface area contributed by atoms with E-state index in [2.05, 4.69) is 10.4 Å². The Labute approximate surface area is 124 Å². The van der Waals surface area contributed by atoms with Crippen molar-refractivity contribution in [2.45, 2.75) is 25.8 Å². The Balaban J connectivity index is 1.93. The van der Waals surface area contributed by atoms with Crippen LogP contribution in [0.25, 0.3) is 0 Å². The third kappa shape index (κ3) is 3.81. The smallest absolute Gasteiger partial charge is 0.243 e. The lowest BCUT2D eigenvalue weighted by Gasteiger charge is -2.16. The summed E-state index contributed by atoms with van der Waals surface area (Å²) in [5, 5.41) is 6.96. The summed E-state index contributed by atoms with van der Waals surface area (Å²) in [6.07, 6.45) is 6.20. The lowest BCUT2D eigenvalue weighted by Crippen LogP contribution is -2.29. The number of likely N-dealkylation sites (N-methyl/N-ethyl adjacent to an activating group) is 1. The van der Waals surface area contributed by atoms with E-state index in [1.165, 1.54) is 9.58 Å². The predicted octanol–water partition coefficient (Wildman–Crippen LogP) is 0.285. The van der Waals surface area contributed by atoms with Crippen LogP contribution >= 0.6 is 0 Å². The first-order valence-electron chi connectivity index (χ1n) is 7.24. The molecule has 0 bridgehead atoms. The van der Waals surface area contributed by atoms with E-state index < -0.39 is 0 Å². The summed E-state index contributed by atoms with van der Waals surface area (Å²) in [5.74, 6) is 0.216. The maximum Gasteiger partial charge on any atom is 0.243 e. The summed E-state index contributed by atoms with van der Waals surface area (Å²) in [6, 6.07) is 0. The van der Waals surface area contributed by atoms with Crippen LogP contribution in [0.2, 0.25) is 0 Å². The van der Waals surface area contributed by atoms with Gasteiger partial charge < -0.3 is 16.0 Å². The van der Waals surface area contributed by atoms with Crippen molar-refractivity contribution in [1.29, 1.82) is 0 Å². The average Bonchev–Trinajstić information content (AvgIpc) is 3.07. The van der Waals surface area contributed by atoms with E-state index in [0.717, 1.165) is 19.3 Å². The lowest BCUT2D eigenvalue weighted by molar-refractivity contribution is -0.129. The summed E-state index contributed by atoms with van der Waals surface area (Å²) >= 11 is 0. The highest BCUT2D eigenvalue weighted by molar-refractivity contribution is 5.92. The van der Waals surface area contributed by atoms with Crippen molar-refractivity contribution in [3.8, 4) is 0 Å². The topological polar surface area (TPSA) is 93.2 Å². The first-order valence-corrected chi connectivity index (χ1v) is 7.24. The van der Waals surface area contributed by atoms with Crippen molar-refractivity contribution in [2.24, 2.45) is 17.6 Å². The Hall–Kier alpha value is -1.89. The van der Waals surface area contributed by atoms with Gasteiger partial charge in [0.2, 0.25) is 11.8 Å². The molecule has 3 N–H and O–H groups in total. The molecule has 0 aliphatic heterocycles.